The third-order valence-corrected chi connectivity index (χ3v) is 4.66. The van der Waals surface area contributed by atoms with Crippen molar-refractivity contribution in [1.29, 1.82) is 0 Å². The number of thiophene rings is 1. The fourth-order valence-corrected chi connectivity index (χ4v) is 3.12. The predicted molar refractivity (Wildman–Crippen MR) is 111 cm³/mol. The molecule has 0 unspecified atom stereocenters. The summed E-state index contributed by atoms with van der Waals surface area (Å²) >= 11 is 1.78. The van der Waals surface area contributed by atoms with E-state index in [1.54, 1.807) is 11.3 Å². The van der Waals surface area contributed by atoms with Crippen LogP contribution in [0.5, 0.6) is 0 Å². The molecular formula is C20H28N4OS. The number of hydrogen-bond donors (Lipinski definition) is 3. The Kier molecular flexibility index (Phi) is 8.69. The number of nitrogens with zero attached hydrogens (tertiary/aromatic N) is 1. The van der Waals surface area contributed by atoms with Crippen molar-refractivity contribution in [2.45, 2.75) is 39.7 Å². The van der Waals surface area contributed by atoms with E-state index in [2.05, 4.69) is 45.4 Å². The fourth-order valence-electron chi connectivity index (χ4n) is 2.42. The molecule has 26 heavy (non-hydrogen) atoms. The summed E-state index contributed by atoms with van der Waals surface area (Å²) in [5.41, 5.74) is 1.94. The molecule has 3 N–H and O–H groups in total. The van der Waals surface area contributed by atoms with E-state index >= 15 is 0 Å². The molecule has 0 atom stereocenters. The van der Waals surface area contributed by atoms with Crippen LogP contribution < -0.4 is 16.0 Å². The van der Waals surface area contributed by atoms with Crippen LogP contribution in [0.1, 0.15) is 37.1 Å². The van der Waals surface area contributed by atoms with Crippen LogP contribution in [0.25, 0.3) is 0 Å². The molecule has 0 aliphatic carbocycles. The molecule has 5 nitrogen and oxygen atoms in total. The van der Waals surface area contributed by atoms with Gasteiger partial charge in [0, 0.05) is 30.1 Å². The topological polar surface area (TPSA) is 65.5 Å². The lowest BCUT2D eigenvalue weighted by Gasteiger charge is -2.11. The SMILES string of the molecule is CCCC(=O)Nc1ccc(CN=C(NCC)NCCc2cccs2)cc1. The highest BCUT2D eigenvalue weighted by Crippen LogP contribution is 2.11. The van der Waals surface area contributed by atoms with Gasteiger partial charge in [-0.2, -0.15) is 0 Å². The van der Waals surface area contributed by atoms with Crippen LogP contribution in [0, 0.1) is 0 Å². The standard InChI is InChI=1S/C20H28N4OS/c1-3-6-19(25)24-17-10-8-16(9-11-17)15-23-20(21-4-2)22-13-12-18-7-5-14-26-18/h5,7-11,14H,3-4,6,12-13,15H2,1-2H3,(H,24,25)(H2,21,22,23). The summed E-state index contributed by atoms with van der Waals surface area (Å²) in [4.78, 5) is 17.6. The smallest absolute Gasteiger partial charge is 0.224 e. The van der Waals surface area contributed by atoms with Gasteiger partial charge in [0.15, 0.2) is 5.96 Å². The zero-order valence-corrected chi connectivity index (χ0v) is 16.4. The number of carbonyl (C=O) groups excluding carboxylic acids is 1. The van der Waals surface area contributed by atoms with E-state index in [1.807, 2.05) is 31.2 Å². The second kappa shape index (κ2) is 11.3. The number of benzene rings is 1. The second-order valence-corrected chi connectivity index (χ2v) is 6.98. The van der Waals surface area contributed by atoms with E-state index in [1.165, 1.54) is 4.88 Å². The molecule has 0 saturated heterocycles. The number of hydrogen-bond acceptors (Lipinski definition) is 3. The van der Waals surface area contributed by atoms with Crippen molar-refractivity contribution in [3.8, 4) is 0 Å². The van der Waals surface area contributed by atoms with Crippen molar-refractivity contribution in [3.63, 3.8) is 0 Å². The van der Waals surface area contributed by atoms with Gasteiger partial charge in [0.2, 0.25) is 5.91 Å². The van der Waals surface area contributed by atoms with E-state index in [-0.39, 0.29) is 5.91 Å². The lowest BCUT2D eigenvalue weighted by atomic mass is 10.2. The molecule has 6 heteroatoms. The third kappa shape index (κ3) is 7.27. The monoisotopic (exact) mass is 372 g/mol. The molecule has 0 spiro atoms. The Hall–Kier alpha value is -2.34. The molecule has 0 fully saturated rings. The van der Waals surface area contributed by atoms with Gasteiger partial charge in [0.1, 0.15) is 0 Å². The van der Waals surface area contributed by atoms with Crippen molar-refractivity contribution in [1.82, 2.24) is 10.6 Å². The minimum Gasteiger partial charge on any atom is -0.357 e. The number of nitrogens with one attached hydrogen (secondary N) is 3. The van der Waals surface area contributed by atoms with E-state index in [9.17, 15) is 4.79 Å². The first-order valence-corrected chi connectivity index (χ1v) is 10.0. The molecule has 2 aromatic rings. The van der Waals surface area contributed by atoms with Gasteiger partial charge in [-0.25, -0.2) is 4.99 Å². The van der Waals surface area contributed by atoms with Crippen molar-refractivity contribution < 1.29 is 4.79 Å². The number of aliphatic imine (C=N–C) groups is 1. The van der Waals surface area contributed by atoms with Crippen molar-refractivity contribution >= 4 is 28.9 Å². The molecule has 0 aliphatic heterocycles. The van der Waals surface area contributed by atoms with E-state index in [0.29, 0.717) is 13.0 Å². The van der Waals surface area contributed by atoms with Gasteiger partial charge in [-0.3, -0.25) is 4.79 Å². The van der Waals surface area contributed by atoms with Gasteiger partial charge < -0.3 is 16.0 Å². The van der Waals surface area contributed by atoms with Gasteiger partial charge in [0.25, 0.3) is 0 Å². The first kappa shape index (κ1) is 20.0. The van der Waals surface area contributed by atoms with Crippen molar-refractivity contribution in [2.75, 3.05) is 18.4 Å². The summed E-state index contributed by atoms with van der Waals surface area (Å²) < 4.78 is 0. The molecule has 1 aromatic carbocycles. The number of anilines is 1. The molecule has 1 aromatic heterocycles. The molecular weight excluding hydrogens is 344 g/mol. The molecule has 0 saturated carbocycles. The lowest BCUT2D eigenvalue weighted by Crippen LogP contribution is -2.38. The van der Waals surface area contributed by atoms with Crippen LogP contribution >= 0.6 is 11.3 Å². The van der Waals surface area contributed by atoms with E-state index < -0.39 is 0 Å². The van der Waals surface area contributed by atoms with Crippen LogP contribution in [-0.2, 0) is 17.8 Å². The van der Waals surface area contributed by atoms with Crippen LogP contribution in [0.15, 0.2) is 46.8 Å². The number of rotatable bonds is 9. The maximum Gasteiger partial charge on any atom is 0.224 e. The van der Waals surface area contributed by atoms with Gasteiger partial charge in [0.05, 0.1) is 6.54 Å². The average molecular weight is 373 g/mol. The summed E-state index contributed by atoms with van der Waals surface area (Å²) in [5.74, 6) is 0.882. The Bertz CT molecular complexity index is 680. The van der Waals surface area contributed by atoms with Crippen molar-refractivity contribution in [3.05, 3.63) is 52.2 Å². The minimum absolute atomic E-state index is 0.0580. The fraction of sp³-hybridized carbons (Fsp3) is 0.400. The van der Waals surface area contributed by atoms with Crippen molar-refractivity contribution in [2.24, 2.45) is 4.99 Å². The Morgan fingerprint density at radius 2 is 1.92 bits per heavy atom. The van der Waals surface area contributed by atoms with E-state index in [0.717, 1.165) is 43.1 Å². The first-order valence-electron chi connectivity index (χ1n) is 9.14. The number of amides is 1. The van der Waals surface area contributed by atoms with Gasteiger partial charge in [-0.05, 0) is 48.9 Å². The molecule has 1 heterocycles. The van der Waals surface area contributed by atoms with Gasteiger partial charge in [-0.15, -0.1) is 11.3 Å². The molecule has 0 aliphatic rings. The summed E-state index contributed by atoms with van der Waals surface area (Å²) in [5, 5.41) is 11.6. The third-order valence-electron chi connectivity index (χ3n) is 3.72. The van der Waals surface area contributed by atoms with Crippen LogP contribution in [0.3, 0.4) is 0 Å². The lowest BCUT2D eigenvalue weighted by molar-refractivity contribution is -0.116. The zero-order chi connectivity index (χ0) is 18.6. The molecule has 0 bridgehead atoms. The maximum atomic E-state index is 11.6. The normalized spacial score (nSPS) is 11.2. The largest absolute Gasteiger partial charge is 0.357 e. The predicted octanol–water partition coefficient (Wildman–Crippen LogP) is 3.78. The quantitative estimate of drug-likeness (QED) is 0.463. The Balaban J connectivity index is 1.84. The van der Waals surface area contributed by atoms with Crippen LogP contribution in [0.2, 0.25) is 0 Å². The summed E-state index contributed by atoms with van der Waals surface area (Å²) in [6.07, 6.45) is 2.40. The van der Waals surface area contributed by atoms with Crippen LogP contribution in [0.4, 0.5) is 5.69 Å². The Labute approximate surface area is 159 Å². The highest BCUT2D eigenvalue weighted by atomic mass is 32.1. The summed E-state index contributed by atoms with van der Waals surface area (Å²) in [6.45, 7) is 6.33. The second-order valence-electron chi connectivity index (χ2n) is 5.95. The minimum atomic E-state index is 0.0580. The van der Waals surface area contributed by atoms with Crippen LogP contribution in [-0.4, -0.2) is 25.0 Å². The highest BCUT2D eigenvalue weighted by Gasteiger charge is 2.02. The maximum absolute atomic E-state index is 11.6. The highest BCUT2D eigenvalue weighted by molar-refractivity contribution is 7.09. The van der Waals surface area contributed by atoms with Gasteiger partial charge >= 0.3 is 0 Å². The first-order chi connectivity index (χ1) is 12.7. The molecule has 0 radical (unpaired) electrons. The number of carbonyl (C=O) groups is 1. The summed E-state index contributed by atoms with van der Waals surface area (Å²) in [7, 11) is 0. The number of guanidine groups is 1. The average Bonchev–Trinajstić information content (AvgIpc) is 3.14. The molecule has 140 valence electrons. The van der Waals surface area contributed by atoms with E-state index in [4.69, 9.17) is 0 Å². The molecule has 1 amide bonds. The van der Waals surface area contributed by atoms with Gasteiger partial charge in [-0.1, -0.05) is 25.1 Å². The Morgan fingerprint density at radius 1 is 1.12 bits per heavy atom. The zero-order valence-electron chi connectivity index (χ0n) is 15.5. The molecule has 2 rings (SSSR count). The summed E-state index contributed by atoms with van der Waals surface area (Å²) in [6, 6.07) is 12.1. The Morgan fingerprint density at radius 3 is 2.58 bits per heavy atom.